The van der Waals surface area contributed by atoms with E-state index >= 15 is 0 Å². The number of carbonyl (C=O) groups is 1. The van der Waals surface area contributed by atoms with Gasteiger partial charge in [0.25, 0.3) is 0 Å². The molecule has 0 N–H and O–H groups in total. The average molecular weight is 318 g/mol. The number of benzene rings is 1. The Kier molecular flexibility index (Phi) is 4.96. The number of carbonyl (C=O) groups excluding carboxylic acids is 1. The lowest BCUT2D eigenvalue weighted by molar-refractivity contribution is 0.0993. The third kappa shape index (κ3) is 4.26. The highest BCUT2D eigenvalue weighted by atomic mass is 16.5. The van der Waals surface area contributed by atoms with Gasteiger partial charge in [0.1, 0.15) is 12.4 Å². The van der Waals surface area contributed by atoms with Crippen LogP contribution in [-0.2, 0) is 13.0 Å². The van der Waals surface area contributed by atoms with Crippen molar-refractivity contribution in [2.24, 2.45) is 0 Å². The second-order valence-corrected chi connectivity index (χ2v) is 5.54. The molecule has 3 rings (SSSR count). The number of aryl methyl sites for hydroxylation is 1. The van der Waals surface area contributed by atoms with Crippen LogP contribution in [0.15, 0.2) is 67.0 Å². The Morgan fingerprint density at radius 2 is 1.75 bits per heavy atom. The van der Waals surface area contributed by atoms with E-state index in [1.807, 2.05) is 49.4 Å². The smallest absolute Gasteiger partial charge is 0.167 e. The summed E-state index contributed by atoms with van der Waals surface area (Å²) in [5.74, 6) is 0.798. The zero-order chi connectivity index (χ0) is 16.8. The van der Waals surface area contributed by atoms with Gasteiger partial charge in [0.2, 0.25) is 0 Å². The fourth-order valence-corrected chi connectivity index (χ4v) is 2.36. The Bertz CT molecular complexity index is 815. The highest BCUT2D eigenvalue weighted by Crippen LogP contribution is 2.15. The molecule has 0 bridgehead atoms. The lowest BCUT2D eigenvalue weighted by atomic mass is 10.0. The Hall–Kier alpha value is -3.01. The Labute approximate surface area is 141 Å². The van der Waals surface area contributed by atoms with Gasteiger partial charge in [0.15, 0.2) is 5.78 Å². The molecule has 3 aromatic rings. The molecule has 0 saturated heterocycles. The van der Waals surface area contributed by atoms with Gasteiger partial charge in [-0.25, -0.2) is 0 Å². The van der Waals surface area contributed by atoms with E-state index < -0.39 is 0 Å². The molecule has 0 aliphatic heterocycles. The third-order valence-corrected chi connectivity index (χ3v) is 3.62. The van der Waals surface area contributed by atoms with Crippen molar-refractivity contribution in [1.82, 2.24) is 9.97 Å². The van der Waals surface area contributed by atoms with Crippen LogP contribution in [0.1, 0.15) is 27.3 Å². The van der Waals surface area contributed by atoms with E-state index in [-0.39, 0.29) is 5.78 Å². The van der Waals surface area contributed by atoms with Gasteiger partial charge in [-0.15, -0.1) is 0 Å². The zero-order valence-electron chi connectivity index (χ0n) is 13.5. The zero-order valence-corrected chi connectivity index (χ0v) is 13.5. The van der Waals surface area contributed by atoms with Crippen molar-refractivity contribution in [2.45, 2.75) is 20.0 Å². The molecule has 1 aromatic carbocycles. The summed E-state index contributed by atoms with van der Waals surface area (Å²) in [5.41, 5.74) is 3.48. The van der Waals surface area contributed by atoms with E-state index in [4.69, 9.17) is 4.74 Å². The second-order valence-electron chi connectivity index (χ2n) is 5.54. The van der Waals surface area contributed by atoms with Crippen LogP contribution in [-0.4, -0.2) is 15.8 Å². The van der Waals surface area contributed by atoms with Crippen LogP contribution < -0.4 is 4.74 Å². The summed E-state index contributed by atoms with van der Waals surface area (Å²) in [5, 5.41) is 0. The van der Waals surface area contributed by atoms with E-state index in [2.05, 4.69) is 9.97 Å². The molecule has 0 amide bonds. The number of rotatable bonds is 6. The predicted molar refractivity (Wildman–Crippen MR) is 92.0 cm³/mol. The first-order chi connectivity index (χ1) is 11.7. The quantitative estimate of drug-likeness (QED) is 0.649. The van der Waals surface area contributed by atoms with Crippen LogP contribution in [0.2, 0.25) is 0 Å². The van der Waals surface area contributed by atoms with Gasteiger partial charge in [0.05, 0.1) is 5.69 Å². The summed E-state index contributed by atoms with van der Waals surface area (Å²) in [6.07, 6.45) is 3.76. The van der Waals surface area contributed by atoms with Crippen LogP contribution in [0.5, 0.6) is 5.75 Å². The molecule has 4 heteroatoms. The molecule has 0 aliphatic carbocycles. The SMILES string of the molecule is Cc1cccc(COc2ccc(C(=O)Cc3ccncc3)cc2)n1. The largest absolute Gasteiger partial charge is 0.487 e. The van der Waals surface area contributed by atoms with Crippen LogP contribution in [0.3, 0.4) is 0 Å². The van der Waals surface area contributed by atoms with E-state index in [1.54, 1.807) is 24.5 Å². The van der Waals surface area contributed by atoms with Crippen molar-refractivity contribution < 1.29 is 9.53 Å². The van der Waals surface area contributed by atoms with Crippen LogP contribution in [0, 0.1) is 6.92 Å². The molecule has 0 fully saturated rings. The third-order valence-electron chi connectivity index (χ3n) is 3.62. The first-order valence-corrected chi connectivity index (χ1v) is 7.78. The molecule has 4 nitrogen and oxygen atoms in total. The predicted octanol–water partition coefficient (Wildman–Crippen LogP) is 3.79. The summed E-state index contributed by atoms with van der Waals surface area (Å²) < 4.78 is 5.72. The van der Waals surface area contributed by atoms with Crippen LogP contribution in [0.4, 0.5) is 0 Å². The summed E-state index contributed by atoms with van der Waals surface area (Å²) in [6, 6.07) is 16.8. The fraction of sp³-hybridized carbons (Fsp3) is 0.150. The molecular formula is C20H18N2O2. The molecule has 0 unspecified atom stereocenters. The number of ether oxygens (including phenoxy) is 1. The van der Waals surface area contributed by atoms with Crippen molar-refractivity contribution >= 4 is 5.78 Å². The molecule has 0 aliphatic rings. The summed E-state index contributed by atoms with van der Waals surface area (Å²) >= 11 is 0. The second kappa shape index (κ2) is 7.51. The summed E-state index contributed by atoms with van der Waals surface area (Å²) in [6.45, 7) is 2.36. The minimum Gasteiger partial charge on any atom is -0.487 e. The topological polar surface area (TPSA) is 52.1 Å². The standard InChI is InChI=1S/C20H18N2O2/c1-15-3-2-4-18(22-15)14-24-19-7-5-17(6-8-19)20(23)13-16-9-11-21-12-10-16/h2-12H,13-14H2,1H3. The fourth-order valence-electron chi connectivity index (χ4n) is 2.36. The summed E-state index contributed by atoms with van der Waals surface area (Å²) in [7, 11) is 0. The van der Waals surface area contributed by atoms with Gasteiger partial charge >= 0.3 is 0 Å². The molecule has 120 valence electrons. The lowest BCUT2D eigenvalue weighted by Crippen LogP contribution is -2.04. The van der Waals surface area contributed by atoms with Gasteiger partial charge in [-0.3, -0.25) is 14.8 Å². The maximum Gasteiger partial charge on any atom is 0.167 e. The molecule has 24 heavy (non-hydrogen) atoms. The molecular weight excluding hydrogens is 300 g/mol. The van der Waals surface area contributed by atoms with Crippen molar-refractivity contribution in [1.29, 1.82) is 0 Å². The maximum atomic E-state index is 12.3. The molecule has 2 heterocycles. The average Bonchev–Trinajstić information content (AvgIpc) is 2.61. The van der Waals surface area contributed by atoms with E-state index in [0.29, 0.717) is 18.6 Å². The highest BCUT2D eigenvalue weighted by molar-refractivity contribution is 5.97. The number of aromatic nitrogens is 2. The maximum absolute atomic E-state index is 12.3. The van der Waals surface area contributed by atoms with Gasteiger partial charge in [0, 0.05) is 30.1 Å². The molecule has 0 spiro atoms. The van der Waals surface area contributed by atoms with Gasteiger partial charge < -0.3 is 4.74 Å². The van der Waals surface area contributed by atoms with Crippen LogP contribution in [0.25, 0.3) is 0 Å². The normalized spacial score (nSPS) is 10.4. The van der Waals surface area contributed by atoms with Gasteiger partial charge in [-0.2, -0.15) is 0 Å². The lowest BCUT2D eigenvalue weighted by Gasteiger charge is -2.07. The van der Waals surface area contributed by atoms with Gasteiger partial charge in [-0.1, -0.05) is 6.07 Å². The highest BCUT2D eigenvalue weighted by Gasteiger charge is 2.07. The van der Waals surface area contributed by atoms with Crippen molar-refractivity contribution in [2.75, 3.05) is 0 Å². The minimum atomic E-state index is 0.0769. The number of Topliss-reactive ketones (excluding diaryl/α,β-unsaturated/α-hetero) is 1. The number of pyridine rings is 2. The van der Waals surface area contributed by atoms with Crippen molar-refractivity contribution in [3.63, 3.8) is 0 Å². The number of hydrogen-bond donors (Lipinski definition) is 0. The van der Waals surface area contributed by atoms with Crippen molar-refractivity contribution in [3.05, 3.63) is 89.5 Å². The number of hydrogen-bond acceptors (Lipinski definition) is 4. The number of nitrogens with zero attached hydrogens (tertiary/aromatic N) is 2. The van der Waals surface area contributed by atoms with Crippen molar-refractivity contribution in [3.8, 4) is 5.75 Å². The Morgan fingerprint density at radius 3 is 2.46 bits per heavy atom. The summed E-state index contributed by atoms with van der Waals surface area (Å²) in [4.78, 5) is 20.6. The Balaban J connectivity index is 1.59. The van der Waals surface area contributed by atoms with E-state index in [1.165, 1.54) is 0 Å². The molecule has 2 aromatic heterocycles. The molecule has 0 radical (unpaired) electrons. The van der Waals surface area contributed by atoms with Crippen LogP contribution >= 0.6 is 0 Å². The monoisotopic (exact) mass is 318 g/mol. The first kappa shape index (κ1) is 15.9. The molecule has 0 atom stereocenters. The van der Waals surface area contributed by atoms with E-state index in [0.717, 1.165) is 22.7 Å². The van der Waals surface area contributed by atoms with E-state index in [9.17, 15) is 4.79 Å². The van der Waals surface area contributed by atoms with Gasteiger partial charge in [-0.05, 0) is 61.0 Å². The number of ketones is 1. The molecule has 0 saturated carbocycles. The first-order valence-electron chi connectivity index (χ1n) is 7.78. The minimum absolute atomic E-state index is 0.0769. The Morgan fingerprint density at radius 1 is 1.00 bits per heavy atom.